The second kappa shape index (κ2) is 7.47. The van der Waals surface area contributed by atoms with Crippen molar-refractivity contribution in [3.8, 4) is 5.75 Å². The van der Waals surface area contributed by atoms with Crippen molar-refractivity contribution in [1.29, 1.82) is 0 Å². The lowest BCUT2D eigenvalue weighted by atomic mass is 9.67. The molecule has 5 heteroatoms. The zero-order chi connectivity index (χ0) is 16.0. The number of halogens is 1. The molecule has 0 aliphatic heterocycles. The summed E-state index contributed by atoms with van der Waals surface area (Å²) in [5.41, 5.74) is 1.29. The number of ether oxygens (including phenoxy) is 1. The number of aliphatic imine (C=N–C) groups is 1. The van der Waals surface area contributed by atoms with E-state index in [-0.39, 0.29) is 11.6 Å². The maximum atomic E-state index is 13.7. The fourth-order valence-corrected chi connectivity index (χ4v) is 2.83. The summed E-state index contributed by atoms with van der Waals surface area (Å²) in [7, 11) is 3.22. The molecular weight excluding hydrogens is 281 g/mol. The Morgan fingerprint density at radius 3 is 2.64 bits per heavy atom. The average Bonchev–Trinajstić information content (AvgIpc) is 2.49. The van der Waals surface area contributed by atoms with Gasteiger partial charge in [-0.3, -0.25) is 4.99 Å². The van der Waals surface area contributed by atoms with Crippen LogP contribution in [-0.4, -0.2) is 26.7 Å². The van der Waals surface area contributed by atoms with E-state index in [1.807, 2.05) is 6.07 Å². The standard InChI is InChI=1S/C17H26FN3O/c1-4-17(8-5-9-17)12-21-16(19-2)20-11-13-6-7-15(22-3)14(18)10-13/h6-7,10H,4-5,8-9,11-12H2,1-3H3,(H2,19,20,21). The summed E-state index contributed by atoms with van der Waals surface area (Å²) >= 11 is 0. The number of hydrogen-bond donors (Lipinski definition) is 2. The molecular formula is C17H26FN3O. The molecule has 1 aliphatic rings. The molecule has 0 unspecified atom stereocenters. The zero-order valence-electron chi connectivity index (χ0n) is 13.7. The molecule has 1 aromatic rings. The predicted octanol–water partition coefficient (Wildman–Crippen LogP) is 3.08. The lowest BCUT2D eigenvalue weighted by Gasteiger charge is -2.41. The first-order chi connectivity index (χ1) is 10.6. The van der Waals surface area contributed by atoms with Gasteiger partial charge in [0.2, 0.25) is 0 Å². The van der Waals surface area contributed by atoms with E-state index in [1.165, 1.54) is 38.9 Å². The fourth-order valence-electron chi connectivity index (χ4n) is 2.83. The van der Waals surface area contributed by atoms with Gasteiger partial charge < -0.3 is 15.4 Å². The summed E-state index contributed by atoms with van der Waals surface area (Å²) in [6, 6.07) is 4.98. The second-order valence-electron chi connectivity index (χ2n) is 5.96. The summed E-state index contributed by atoms with van der Waals surface area (Å²) < 4.78 is 18.6. The van der Waals surface area contributed by atoms with Crippen LogP contribution >= 0.6 is 0 Å². The highest BCUT2D eigenvalue weighted by molar-refractivity contribution is 5.79. The van der Waals surface area contributed by atoms with Gasteiger partial charge >= 0.3 is 0 Å². The van der Waals surface area contributed by atoms with Crippen molar-refractivity contribution >= 4 is 5.96 Å². The lowest BCUT2D eigenvalue weighted by Crippen LogP contribution is -2.46. The first kappa shape index (κ1) is 16.6. The Hall–Kier alpha value is -1.78. The van der Waals surface area contributed by atoms with Gasteiger partial charge in [-0.25, -0.2) is 4.39 Å². The van der Waals surface area contributed by atoms with Crippen LogP contribution in [0, 0.1) is 11.2 Å². The van der Waals surface area contributed by atoms with E-state index in [0.29, 0.717) is 12.0 Å². The van der Waals surface area contributed by atoms with Crippen LogP contribution in [0.25, 0.3) is 0 Å². The first-order valence-electron chi connectivity index (χ1n) is 7.89. The van der Waals surface area contributed by atoms with Crippen molar-refractivity contribution in [2.45, 2.75) is 39.2 Å². The van der Waals surface area contributed by atoms with Crippen molar-refractivity contribution in [3.05, 3.63) is 29.6 Å². The quantitative estimate of drug-likeness (QED) is 0.627. The van der Waals surface area contributed by atoms with Crippen LogP contribution in [0.1, 0.15) is 38.2 Å². The van der Waals surface area contributed by atoms with E-state index in [9.17, 15) is 4.39 Å². The monoisotopic (exact) mass is 307 g/mol. The number of nitrogens with zero attached hydrogens (tertiary/aromatic N) is 1. The minimum absolute atomic E-state index is 0.265. The molecule has 0 radical (unpaired) electrons. The van der Waals surface area contributed by atoms with Gasteiger partial charge in [-0.2, -0.15) is 0 Å². The molecule has 0 bridgehead atoms. The highest BCUT2D eigenvalue weighted by atomic mass is 19.1. The number of hydrogen-bond acceptors (Lipinski definition) is 2. The normalized spacial score (nSPS) is 16.8. The van der Waals surface area contributed by atoms with Gasteiger partial charge in [0.05, 0.1) is 7.11 Å². The Morgan fingerprint density at radius 2 is 2.14 bits per heavy atom. The maximum Gasteiger partial charge on any atom is 0.191 e. The van der Waals surface area contributed by atoms with Crippen LogP contribution in [0.15, 0.2) is 23.2 Å². The molecule has 0 heterocycles. The fraction of sp³-hybridized carbons (Fsp3) is 0.588. The first-order valence-corrected chi connectivity index (χ1v) is 7.89. The van der Waals surface area contributed by atoms with E-state index in [2.05, 4.69) is 22.5 Å². The van der Waals surface area contributed by atoms with Crippen molar-refractivity contribution in [2.24, 2.45) is 10.4 Å². The van der Waals surface area contributed by atoms with Crippen molar-refractivity contribution < 1.29 is 9.13 Å². The molecule has 0 aromatic heterocycles. The third-order valence-corrected chi connectivity index (χ3v) is 4.69. The van der Waals surface area contributed by atoms with Gasteiger partial charge in [-0.15, -0.1) is 0 Å². The molecule has 22 heavy (non-hydrogen) atoms. The molecule has 2 rings (SSSR count). The Morgan fingerprint density at radius 1 is 1.36 bits per heavy atom. The molecule has 2 N–H and O–H groups in total. The molecule has 1 aliphatic carbocycles. The summed E-state index contributed by atoms with van der Waals surface area (Å²) in [5.74, 6) is 0.682. The number of guanidine groups is 1. The van der Waals surface area contributed by atoms with Crippen molar-refractivity contribution in [1.82, 2.24) is 10.6 Å². The van der Waals surface area contributed by atoms with Crippen molar-refractivity contribution in [2.75, 3.05) is 20.7 Å². The van der Waals surface area contributed by atoms with Crippen LogP contribution in [0.3, 0.4) is 0 Å². The summed E-state index contributed by atoms with van der Waals surface area (Å²) in [6.07, 6.45) is 5.10. The Labute approximate surface area is 132 Å². The van der Waals surface area contributed by atoms with Crippen LogP contribution in [-0.2, 0) is 6.54 Å². The van der Waals surface area contributed by atoms with Gasteiger partial charge in [-0.05, 0) is 42.4 Å². The minimum atomic E-state index is -0.343. The van der Waals surface area contributed by atoms with E-state index < -0.39 is 0 Å². The van der Waals surface area contributed by atoms with E-state index >= 15 is 0 Å². The summed E-state index contributed by atoms with van der Waals surface area (Å²) in [4.78, 5) is 4.23. The van der Waals surface area contributed by atoms with Crippen LogP contribution < -0.4 is 15.4 Å². The van der Waals surface area contributed by atoms with Crippen LogP contribution in [0.5, 0.6) is 5.75 Å². The smallest absolute Gasteiger partial charge is 0.191 e. The van der Waals surface area contributed by atoms with Crippen LogP contribution in [0.4, 0.5) is 4.39 Å². The lowest BCUT2D eigenvalue weighted by molar-refractivity contribution is 0.131. The molecule has 0 atom stereocenters. The Bertz CT molecular complexity index is 521. The number of nitrogens with one attached hydrogen (secondary N) is 2. The zero-order valence-corrected chi connectivity index (χ0v) is 13.7. The molecule has 0 spiro atoms. The maximum absolute atomic E-state index is 13.7. The van der Waals surface area contributed by atoms with Gasteiger partial charge in [-0.1, -0.05) is 19.4 Å². The van der Waals surface area contributed by atoms with Gasteiger partial charge in [0.1, 0.15) is 0 Å². The van der Waals surface area contributed by atoms with Crippen molar-refractivity contribution in [3.63, 3.8) is 0 Å². The topological polar surface area (TPSA) is 45.7 Å². The summed E-state index contributed by atoms with van der Waals surface area (Å²) in [5, 5.41) is 6.62. The van der Waals surface area contributed by atoms with E-state index in [1.54, 1.807) is 13.1 Å². The number of rotatable bonds is 6. The van der Waals surface area contributed by atoms with E-state index in [0.717, 1.165) is 18.1 Å². The minimum Gasteiger partial charge on any atom is -0.494 e. The number of benzene rings is 1. The SMILES string of the molecule is CCC1(CNC(=NC)NCc2ccc(OC)c(F)c2)CCC1. The molecule has 0 saturated heterocycles. The van der Waals surface area contributed by atoms with Gasteiger partial charge in [0.15, 0.2) is 17.5 Å². The van der Waals surface area contributed by atoms with Crippen LogP contribution in [0.2, 0.25) is 0 Å². The third-order valence-electron chi connectivity index (χ3n) is 4.69. The van der Waals surface area contributed by atoms with Gasteiger partial charge in [0.25, 0.3) is 0 Å². The molecule has 4 nitrogen and oxygen atoms in total. The Kier molecular flexibility index (Phi) is 5.63. The molecule has 122 valence electrons. The van der Waals surface area contributed by atoms with E-state index in [4.69, 9.17) is 4.74 Å². The molecule has 1 aromatic carbocycles. The second-order valence-corrected chi connectivity index (χ2v) is 5.96. The number of methoxy groups -OCH3 is 1. The third kappa shape index (κ3) is 3.90. The average molecular weight is 307 g/mol. The Balaban J connectivity index is 1.84. The molecule has 1 fully saturated rings. The highest BCUT2D eigenvalue weighted by Gasteiger charge is 2.34. The predicted molar refractivity (Wildman–Crippen MR) is 87.7 cm³/mol. The largest absolute Gasteiger partial charge is 0.494 e. The molecule has 0 amide bonds. The summed E-state index contributed by atoms with van der Waals surface area (Å²) in [6.45, 7) is 3.72. The van der Waals surface area contributed by atoms with Gasteiger partial charge in [0, 0.05) is 20.1 Å². The molecule has 1 saturated carbocycles. The highest BCUT2D eigenvalue weighted by Crippen LogP contribution is 2.42.